The highest BCUT2D eigenvalue weighted by atomic mass is 35.5. The lowest BCUT2D eigenvalue weighted by Crippen LogP contribution is -2.37. The number of carbonyl (C=O) groups is 1. The number of halogens is 1. The maximum atomic E-state index is 13.6. The van der Waals surface area contributed by atoms with Crippen molar-refractivity contribution in [1.29, 1.82) is 0 Å². The zero-order valence-electron chi connectivity index (χ0n) is 19.3. The lowest BCUT2D eigenvalue weighted by atomic mass is 10.1. The summed E-state index contributed by atoms with van der Waals surface area (Å²) in [4.78, 5) is 22.9. The minimum Gasteiger partial charge on any atom is -0.497 e. The van der Waals surface area contributed by atoms with Crippen molar-refractivity contribution in [2.75, 3.05) is 27.7 Å². The van der Waals surface area contributed by atoms with Gasteiger partial charge in [0.2, 0.25) is 0 Å². The van der Waals surface area contributed by atoms with Gasteiger partial charge in [0, 0.05) is 11.6 Å². The van der Waals surface area contributed by atoms with E-state index < -0.39 is 0 Å². The first-order valence-electron chi connectivity index (χ1n) is 10.9. The van der Waals surface area contributed by atoms with Crippen molar-refractivity contribution in [2.45, 2.75) is 6.04 Å². The molecule has 0 bridgehead atoms. The number of benzene rings is 3. The molecule has 0 aromatic heterocycles. The number of amidine groups is 1. The molecule has 0 radical (unpaired) electrons. The summed E-state index contributed by atoms with van der Waals surface area (Å²) in [5, 5.41) is 1.31. The third-order valence-electron chi connectivity index (χ3n) is 5.52. The Morgan fingerprint density at radius 2 is 1.71 bits per heavy atom. The van der Waals surface area contributed by atoms with Crippen molar-refractivity contribution >= 4 is 46.2 Å². The molecule has 174 valence electrons. The van der Waals surface area contributed by atoms with Gasteiger partial charge >= 0.3 is 0 Å². The second-order valence-electron chi connectivity index (χ2n) is 8.06. The average molecular weight is 492 g/mol. The third kappa shape index (κ3) is 5.70. The number of carbonyl (C=O) groups excluding carboxylic acids is 1. The number of ether oxygens (including phenoxy) is 1. The quantitative estimate of drug-likeness (QED) is 0.366. The molecule has 0 N–H and O–H groups in total. The predicted molar refractivity (Wildman–Crippen MR) is 142 cm³/mol. The van der Waals surface area contributed by atoms with Crippen molar-refractivity contribution in [3.63, 3.8) is 0 Å². The number of amides is 1. The Morgan fingerprint density at radius 3 is 2.32 bits per heavy atom. The van der Waals surface area contributed by atoms with Crippen LogP contribution in [0.15, 0.2) is 88.8 Å². The Labute approximate surface area is 209 Å². The van der Waals surface area contributed by atoms with Gasteiger partial charge in [0.05, 0.1) is 23.7 Å². The molecule has 0 saturated carbocycles. The molecular weight excluding hydrogens is 466 g/mol. The molecule has 3 aromatic rings. The zero-order valence-corrected chi connectivity index (χ0v) is 20.9. The van der Waals surface area contributed by atoms with Gasteiger partial charge in [-0.3, -0.25) is 9.69 Å². The van der Waals surface area contributed by atoms with Crippen molar-refractivity contribution in [3.8, 4) is 5.75 Å². The number of methoxy groups -OCH3 is 1. The second kappa shape index (κ2) is 10.9. The number of hydrogen-bond donors (Lipinski definition) is 0. The molecule has 4 rings (SSSR count). The zero-order chi connectivity index (χ0) is 24.1. The molecule has 1 heterocycles. The predicted octanol–water partition coefficient (Wildman–Crippen LogP) is 6.26. The van der Waals surface area contributed by atoms with Crippen LogP contribution in [0, 0.1) is 0 Å². The second-order valence-corrected chi connectivity index (χ2v) is 9.51. The Morgan fingerprint density at radius 1 is 1.03 bits per heavy atom. The van der Waals surface area contributed by atoms with E-state index in [1.54, 1.807) is 12.0 Å². The van der Waals surface area contributed by atoms with Gasteiger partial charge in [0.15, 0.2) is 5.17 Å². The lowest BCUT2D eigenvalue weighted by Gasteiger charge is -2.29. The largest absolute Gasteiger partial charge is 0.497 e. The summed E-state index contributed by atoms with van der Waals surface area (Å²) in [5.74, 6) is 0.700. The van der Waals surface area contributed by atoms with Crippen LogP contribution in [0.3, 0.4) is 0 Å². The summed E-state index contributed by atoms with van der Waals surface area (Å²) in [7, 11) is 5.68. The Balaban J connectivity index is 1.70. The fraction of sp³-hybridized carbons (Fsp3) is 0.185. The van der Waals surface area contributed by atoms with Crippen LogP contribution in [0.25, 0.3) is 6.08 Å². The highest BCUT2D eigenvalue weighted by molar-refractivity contribution is 8.18. The third-order valence-corrected chi connectivity index (χ3v) is 6.77. The van der Waals surface area contributed by atoms with Gasteiger partial charge in [-0.2, -0.15) is 0 Å². The first-order chi connectivity index (χ1) is 16.4. The SMILES string of the molecule is COc1ccc(N=C2S/C(=C\c3ccc(Cl)cc3)C(=O)N2CC(c2ccccc2)N(C)C)cc1. The Kier molecular flexibility index (Phi) is 7.73. The Bertz CT molecular complexity index is 1190. The summed E-state index contributed by atoms with van der Waals surface area (Å²) < 4.78 is 5.25. The van der Waals surface area contributed by atoms with Gasteiger partial charge in [0.25, 0.3) is 5.91 Å². The van der Waals surface area contributed by atoms with Crippen LogP contribution in [0.4, 0.5) is 5.69 Å². The van der Waals surface area contributed by atoms with E-state index in [1.807, 2.05) is 86.9 Å². The Hall–Kier alpha value is -3.06. The molecule has 3 aromatic carbocycles. The van der Waals surface area contributed by atoms with Crippen LogP contribution in [0.1, 0.15) is 17.2 Å². The summed E-state index contributed by atoms with van der Waals surface area (Å²) in [6.07, 6.45) is 1.89. The van der Waals surface area contributed by atoms with E-state index in [9.17, 15) is 4.79 Å². The van der Waals surface area contributed by atoms with E-state index in [0.29, 0.717) is 21.6 Å². The normalized spacial score (nSPS) is 17.1. The lowest BCUT2D eigenvalue weighted by molar-refractivity contribution is -0.122. The average Bonchev–Trinajstić information content (AvgIpc) is 3.13. The maximum Gasteiger partial charge on any atom is 0.266 e. The highest BCUT2D eigenvalue weighted by Crippen LogP contribution is 2.36. The van der Waals surface area contributed by atoms with E-state index in [-0.39, 0.29) is 11.9 Å². The van der Waals surface area contributed by atoms with Crippen molar-refractivity contribution in [2.24, 2.45) is 4.99 Å². The topological polar surface area (TPSA) is 45.1 Å². The first kappa shape index (κ1) is 24.1. The molecule has 34 heavy (non-hydrogen) atoms. The molecular formula is C27H26ClN3O2S. The van der Waals surface area contributed by atoms with Crippen LogP contribution in [0.2, 0.25) is 5.02 Å². The van der Waals surface area contributed by atoms with E-state index in [1.165, 1.54) is 11.8 Å². The van der Waals surface area contributed by atoms with Gasteiger partial charge in [0.1, 0.15) is 5.75 Å². The van der Waals surface area contributed by atoms with Gasteiger partial charge in [-0.15, -0.1) is 0 Å². The van der Waals surface area contributed by atoms with Crippen LogP contribution in [0.5, 0.6) is 5.75 Å². The van der Waals surface area contributed by atoms with Crippen LogP contribution in [-0.4, -0.2) is 48.6 Å². The highest BCUT2D eigenvalue weighted by Gasteiger charge is 2.35. The molecule has 7 heteroatoms. The number of nitrogens with zero attached hydrogens (tertiary/aromatic N) is 3. The van der Waals surface area contributed by atoms with Crippen molar-refractivity contribution < 1.29 is 9.53 Å². The fourth-order valence-corrected chi connectivity index (χ4v) is 4.78. The number of hydrogen-bond acceptors (Lipinski definition) is 5. The molecule has 0 spiro atoms. The van der Waals surface area contributed by atoms with Gasteiger partial charge < -0.3 is 9.64 Å². The molecule has 0 aliphatic carbocycles. The standard InChI is InChI=1S/C27H26ClN3O2S/c1-30(2)24(20-7-5-4-6-8-20)18-31-26(32)25(17-19-9-11-21(28)12-10-19)34-27(31)29-22-13-15-23(33-3)16-14-22/h4-17,24H,18H2,1-3H3/b25-17-,29-27?. The van der Waals surface area contributed by atoms with Crippen LogP contribution in [-0.2, 0) is 4.79 Å². The number of likely N-dealkylation sites (N-methyl/N-ethyl adjacent to an activating group) is 1. The van der Waals surface area contributed by atoms with Gasteiger partial charge in [-0.05, 0) is 79.5 Å². The monoisotopic (exact) mass is 491 g/mol. The van der Waals surface area contributed by atoms with Gasteiger partial charge in [-0.25, -0.2) is 4.99 Å². The number of thioether (sulfide) groups is 1. The minimum atomic E-state index is -0.0602. The molecule has 1 aliphatic heterocycles. The fourth-order valence-electron chi connectivity index (χ4n) is 3.64. The first-order valence-corrected chi connectivity index (χ1v) is 12.0. The summed E-state index contributed by atoms with van der Waals surface area (Å²) >= 11 is 7.41. The molecule has 1 atom stereocenters. The molecule has 1 unspecified atom stereocenters. The summed E-state index contributed by atoms with van der Waals surface area (Å²) in [5.41, 5.74) is 2.82. The van der Waals surface area contributed by atoms with E-state index in [0.717, 1.165) is 22.6 Å². The van der Waals surface area contributed by atoms with Crippen molar-refractivity contribution in [3.05, 3.63) is 99.9 Å². The number of aliphatic imine (C=N–C) groups is 1. The van der Waals surface area contributed by atoms with Crippen LogP contribution < -0.4 is 4.74 Å². The summed E-state index contributed by atoms with van der Waals surface area (Å²) in [6, 6.07) is 25.2. The van der Waals surface area contributed by atoms with E-state index in [2.05, 4.69) is 17.0 Å². The van der Waals surface area contributed by atoms with Crippen LogP contribution >= 0.6 is 23.4 Å². The van der Waals surface area contributed by atoms with E-state index >= 15 is 0 Å². The van der Waals surface area contributed by atoms with Crippen molar-refractivity contribution in [1.82, 2.24) is 9.80 Å². The molecule has 5 nitrogen and oxygen atoms in total. The summed E-state index contributed by atoms with van der Waals surface area (Å²) in [6.45, 7) is 0.482. The number of rotatable bonds is 7. The smallest absolute Gasteiger partial charge is 0.266 e. The maximum absolute atomic E-state index is 13.6. The molecule has 1 saturated heterocycles. The van der Waals surface area contributed by atoms with E-state index in [4.69, 9.17) is 21.3 Å². The molecule has 1 amide bonds. The molecule has 1 fully saturated rings. The molecule has 1 aliphatic rings. The van der Waals surface area contributed by atoms with Gasteiger partial charge in [-0.1, -0.05) is 54.1 Å². The minimum absolute atomic E-state index is 0.0155.